The number of benzene rings is 1. The topological polar surface area (TPSA) is 18.5 Å². The van der Waals surface area contributed by atoms with Gasteiger partial charge in [0, 0.05) is 17.5 Å². The van der Waals surface area contributed by atoms with Crippen molar-refractivity contribution < 1.29 is 27.0 Å². The van der Waals surface area contributed by atoms with Crippen molar-refractivity contribution in [3.63, 3.8) is 0 Å². The molecule has 0 amide bonds. The fourth-order valence-electron chi connectivity index (χ4n) is 1.96. The van der Waals surface area contributed by atoms with Gasteiger partial charge in [-0.2, -0.15) is 0 Å². The summed E-state index contributed by atoms with van der Waals surface area (Å²) in [4.78, 5) is 0. The molecular formula is C10H6F4O2. The van der Waals surface area contributed by atoms with Crippen molar-refractivity contribution in [3.8, 4) is 11.5 Å². The van der Waals surface area contributed by atoms with E-state index < -0.39 is 17.9 Å². The second-order valence-corrected chi connectivity index (χ2v) is 3.87. The van der Waals surface area contributed by atoms with Crippen LogP contribution in [0.5, 0.6) is 11.5 Å². The largest absolute Gasteiger partial charge is 0.573 e. The van der Waals surface area contributed by atoms with E-state index in [0.29, 0.717) is 11.6 Å². The van der Waals surface area contributed by atoms with Crippen molar-refractivity contribution in [2.75, 3.05) is 0 Å². The van der Waals surface area contributed by atoms with E-state index in [1.54, 1.807) is 0 Å². The van der Waals surface area contributed by atoms with Crippen molar-refractivity contribution in [1.29, 1.82) is 0 Å². The van der Waals surface area contributed by atoms with Crippen LogP contribution in [0.15, 0.2) is 12.1 Å². The quantitative estimate of drug-likeness (QED) is 0.695. The minimum Gasteiger partial charge on any atom is -0.486 e. The van der Waals surface area contributed by atoms with Gasteiger partial charge in [-0.05, 0) is 12.5 Å². The Labute approximate surface area is 87.8 Å². The Hall–Kier alpha value is -1.46. The van der Waals surface area contributed by atoms with Gasteiger partial charge in [0.05, 0.1) is 0 Å². The van der Waals surface area contributed by atoms with Crippen LogP contribution in [-0.4, -0.2) is 12.5 Å². The van der Waals surface area contributed by atoms with E-state index in [1.165, 1.54) is 6.07 Å². The minimum absolute atomic E-state index is 0.0290. The monoisotopic (exact) mass is 234 g/mol. The maximum Gasteiger partial charge on any atom is 0.573 e. The number of ether oxygens (including phenoxy) is 2. The van der Waals surface area contributed by atoms with E-state index in [0.717, 1.165) is 6.42 Å². The molecule has 2 nitrogen and oxygen atoms in total. The second kappa shape index (κ2) is 2.81. The molecule has 0 bridgehead atoms. The summed E-state index contributed by atoms with van der Waals surface area (Å²) >= 11 is 0. The van der Waals surface area contributed by atoms with Crippen molar-refractivity contribution in [2.45, 2.75) is 24.8 Å². The fraction of sp³-hybridized carbons (Fsp3) is 0.400. The van der Waals surface area contributed by atoms with E-state index in [2.05, 4.69) is 4.74 Å². The van der Waals surface area contributed by atoms with Gasteiger partial charge in [-0.3, -0.25) is 0 Å². The van der Waals surface area contributed by atoms with Gasteiger partial charge in [-0.25, -0.2) is 4.39 Å². The number of hydrogen-bond acceptors (Lipinski definition) is 2. The molecule has 1 aromatic carbocycles. The second-order valence-electron chi connectivity index (χ2n) is 3.87. The van der Waals surface area contributed by atoms with Gasteiger partial charge in [0.1, 0.15) is 11.9 Å². The predicted octanol–water partition coefficient (Wildman–Crippen LogP) is 2.97. The maximum absolute atomic E-state index is 13.3. The zero-order valence-corrected chi connectivity index (χ0v) is 7.84. The molecule has 0 aromatic heterocycles. The summed E-state index contributed by atoms with van der Waals surface area (Å²) in [5.74, 6) is -1.24. The number of fused-ring (bicyclic) bond motifs is 3. The van der Waals surface area contributed by atoms with Gasteiger partial charge in [0.15, 0.2) is 11.6 Å². The summed E-state index contributed by atoms with van der Waals surface area (Å²) in [6.45, 7) is 0. The Balaban J connectivity index is 1.97. The molecule has 86 valence electrons. The lowest BCUT2D eigenvalue weighted by Crippen LogP contribution is -2.17. The summed E-state index contributed by atoms with van der Waals surface area (Å²) in [7, 11) is 0. The third-order valence-corrected chi connectivity index (χ3v) is 2.68. The number of rotatable bonds is 1. The molecular weight excluding hydrogens is 228 g/mol. The lowest BCUT2D eigenvalue weighted by Gasteiger charge is -2.11. The van der Waals surface area contributed by atoms with Crippen molar-refractivity contribution in [2.24, 2.45) is 0 Å². The molecule has 1 fully saturated rings. The number of hydrogen-bond donors (Lipinski definition) is 0. The van der Waals surface area contributed by atoms with Gasteiger partial charge in [0.25, 0.3) is 0 Å². The molecule has 0 N–H and O–H groups in total. The smallest absolute Gasteiger partial charge is 0.486 e. The SMILES string of the molecule is Fc1cc(OC(F)(F)F)cc2c1OC1CC21. The molecule has 0 spiro atoms. The highest BCUT2D eigenvalue weighted by Crippen LogP contribution is 2.55. The normalized spacial score (nSPS) is 25.8. The highest BCUT2D eigenvalue weighted by atomic mass is 19.4. The molecule has 0 radical (unpaired) electrons. The average Bonchev–Trinajstić information content (AvgIpc) is 2.79. The Morgan fingerprint density at radius 3 is 2.75 bits per heavy atom. The highest BCUT2D eigenvalue weighted by molar-refractivity contribution is 5.50. The van der Waals surface area contributed by atoms with Crippen LogP contribution in [-0.2, 0) is 0 Å². The first-order valence-corrected chi connectivity index (χ1v) is 4.70. The zero-order valence-electron chi connectivity index (χ0n) is 7.84. The van der Waals surface area contributed by atoms with Gasteiger partial charge in [-0.15, -0.1) is 13.2 Å². The molecule has 2 unspecified atom stereocenters. The molecule has 1 aromatic rings. The maximum atomic E-state index is 13.3. The van der Waals surface area contributed by atoms with Crippen LogP contribution in [0.2, 0.25) is 0 Å². The molecule has 1 saturated carbocycles. The van der Waals surface area contributed by atoms with Crippen molar-refractivity contribution >= 4 is 0 Å². The molecule has 2 aliphatic rings. The van der Waals surface area contributed by atoms with Crippen LogP contribution in [0, 0.1) is 5.82 Å². The molecule has 1 aliphatic carbocycles. The molecule has 1 aliphatic heterocycles. The first kappa shape index (κ1) is 9.74. The number of halogens is 4. The van der Waals surface area contributed by atoms with E-state index in [9.17, 15) is 17.6 Å². The van der Waals surface area contributed by atoms with E-state index in [1.807, 2.05) is 0 Å². The van der Waals surface area contributed by atoms with Crippen LogP contribution < -0.4 is 9.47 Å². The van der Waals surface area contributed by atoms with Gasteiger partial charge >= 0.3 is 6.36 Å². The van der Waals surface area contributed by atoms with Gasteiger partial charge in [0.2, 0.25) is 0 Å². The first-order chi connectivity index (χ1) is 7.44. The fourth-order valence-corrected chi connectivity index (χ4v) is 1.96. The standard InChI is InChI=1S/C10H6F4O2/c11-7-2-4(16-10(12,13)14)1-6-5-3-8(5)15-9(6)7/h1-2,5,8H,3H2. The Morgan fingerprint density at radius 2 is 2.06 bits per heavy atom. The zero-order chi connectivity index (χ0) is 11.5. The third kappa shape index (κ3) is 1.48. The average molecular weight is 234 g/mol. The summed E-state index contributed by atoms with van der Waals surface area (Å²) < 4.78 is 58.1. The van der Waals surface area contributed by atoms with Crippen LogP contribution >= 0.6 is 0 Å². The summed E-state index contributed by atoms with van der Waals surface area (Å²) in [5, 5.41) is 0. The molecule has 6 heteroatoms. The molecule has 2 atom stereocenters. The predicted molar refractivity (Wildman–Crippen MR) is 44.9 cm³/mol. The Kier molecular flexibility index (Phi) is 1.71. The number of alkyl halides is 3. The Morgan fingerprint density at radius 1 is 1.31 bits per heavy atom. The van der Waals surface area contributed by atoms with Crippen molar-refractivity contribution in [3.05, 3.63) is 23.5 Å². The van der Waals surface area contributed by atoms with E-state index >= 15 is 0 Å². The minimum atomic E-state index is -4.80. The molecule has 1 heterocycles. The third-order valence-electron chi connectivity index (χ3n) is 2.68. The van der Waals surface area contributed by atoms with E-state index in [4.69, 9.17) is 4.74 Å². The van der Waals surface area contributed by atoms with Crippen LogP contribution in [0.25, 0.3) is 0 Å². The summed E-state index contributed by atoms with van der Waals surface area (Å²) in [6.07, 6.45) is -4.13. The molecule has 3 rings (SSSR count). The summed E-state index contributed by atoms with van der Waals surface area (Å²) in [5.41, 5.74) is 0.476. The molecule has 16 heavy (non-hydrogen) atoms. The Bertz CT molecular complexity index is 455. The van der Waals surface area contributed by atoms with Gasteiger partial charge in [-0.1, -0.05) is 0 Å². The molecule has 0 saturated heterocycles. The van der Waals surface area contributed by atoms with E-state index in [-0.39, 0.29) is 17.8 Å². The van der Waals surface area contributed by atoms with Crippen molar-refractivity contribution in [1.82, 2.24) is 0 Å². The van der Waals surface area contributed by atoms with Crippen LogP contribution in [0.1, 0.15) is 17.9 Å². The highest BCUT2D eigenvalue weighted by Gasteiger charge is 2.49. The first-order valence-electron chi connectivity index (χ1n) is 4.70. The van der Waals surface area contributed by atoms with Crippen LogP contribution in [0.4, 0.5) is 17.6 Å². The van der Waals surface area contributed by atoms with Gasteiger partial charge < -0.3 is 9.47 Å². The summed E-state index contributed by atoms with van der Waals surface area (Å²) in [6, 6.07) is 1.89. The lowest BCUT2D eigenvalue weighted by molar-refractivity contribution is -0.274. The van der Waals surface area contributed by atoms with Crippen LogP contribution in [0.3, 0.4) is 0 Å². The lowest BCUT2D eigenvalue weighted by atomic mass is 10.1.